The lowest BCUT2D eigenvalue weighted by molar-refractivity contribution is -0.121. The molecule has 0 aliphatic rings. The maximum absolute atomic E-state index is 11.2. The van der Waals surface area contributed by atoms with Crippen molar-refractivity contribution in [2.24, 2.45) is 5.73 Å². The largest absolute Gasteiger partial charge is 0.356 e. The fourth-order valence-corrected chi connectivity index (χ4v) is 1.44. The first-order chi connectivity index (χ1) is 7.24. The Morgan fingerprint density at radius 1 is 1.40 bits per heavy atom. The molecule has 0 aliphatic carbocycles. The van der Waals surface area contributed by atoms with Gasteiger partial charge in [0.15, 0.2) is 0 Å². The van der Waals surface area contributed by atoms with Crippen LogP contribution in [0.15, 0.2) is 30.3 Å². The number of carbonyl (C=O) groups is 1. The Morgan fingerprint density at radius 2 is 2.07 bits per heavy atom. The van der Waals surface area contributed by atoms with Gasteiger partial charge in [0.25, 0.3) is 0 Å². The molecule has 3 N–H and O–H groups in total. The molecule has 82 valence electrons. The van der Waals surface area contributed by atoms with Crippen LogP contribution < -0.4 is 11.1 Å². The molecule has 1 atom stereocenters. The molecule has 0 bridgehead atoms. The van der Waals surface area contributed by atoms with E-state index in [0.29, 0.717) is 19.4 Å². The highest BCUT2D eigenvalue weighted by Crippen LogP contribution is 2.14. The van der Waals surface area contributed by atoms with E-state index in [4.69, 9.17) is 5.73 Å². The topological polar surface area (TPSA) is 55.1 Å². The van der Waals surface area contributed by atoms with Crippen LogP contribution in [0.1, 0.15) is 31.4 Å². The summed E-state index contributed by atoms with van der Waals surface area (Å²) in [4.78, 5) is 11.2. The number of nitrogens with two attached hydrogens (primary N) is 1. The quantitative estimate of drug-likeness (QED) is 0.769. The van der Waals surface area contributed by atoms with Crippen molar-refractivity contribution in [1.29, 1.82) is 0 Å². The van der Waals surface area contributed by atoms with Crippen molar-refractivity contribution in [3.8, 4) is 0 Å². The number of nitrogens with one attached hydrogen (secondary N) is 1. The Kier molecular flexibility index (Phi) is 4.84. The first-order valence-electron chi connectivity index (χ1n) is 5.31. The predicted octanol–water partition coefficient (Wildman–Crippen LogP) is 1.60. The molecular formula is C12H18N2O. The van der Waals surface area contributed by atoms with E-state index >= 15 is 0 Å². The molecule has 1 amide bonds. The van der Waals surface area contributed by atoms with Gasteiger partial charge < -0.3 is 11.1 Å². The molecule has 3 heteroatoms. The maximum atomic E-state index is 11.2. The second-order valence-corrected chi connectivity index (χ2v) is 3.51. The van der Waals surface area contributed by atoms with Crippen molar-refractivity contribution in [2.45, 2.75) is 25.8 Å². The summed E-state index contributed by atoms with van der Waals surface area (Å²) in [5.74, 6) is 0.0730. The number of hydrogen-bond acceptors (Lipinski definition) is 2. The van der Waals surface area contributed by atoms with Crippen molar-refractivity contribution < 1.29 is 4.79 Å². The molecule has 0 saturated heterocycles. The highest BCUT2D eigenvalue weighted by molar-refractivity contribution is 5.75. The molecule has 15 heavy (non-hydrogen) atoms. The van der Waals surface area contributed by atoms with E-state index in [1.807, 2.05) is 37.3 Å². The fraction of sp³-hybridized carbons (Fsp3) is 0.417. The summed E-state index contributed by atoms with van der Waals surface area (Å²) < 4.78 is 0. The standard InChI is InChI=1S/C12H18N2O/c1-2-14-12(15)9-8-11(13)10-6-4-3-5-7-10/h3-7,11H,2,8-9,13H2,1H3,(H,14,15). The van der Waals surface area contributed by atoms with Gasteiger partial charge >= 0.3 is 0 Å². The number of hydrogen-bond donors (Lipinski definition) is 2. The van der Waals surface area contributed by atoms with Gasteiger partial charge in [0, 0.05) is 19.0 Å². The van der Waals surface area contributed by atoms with Gasteiger partial charge in [-0.3, -0.25) is 4.79 Å². The summed E-state index contributed by atoms with van der Waals surface area (Å²) in [5, 5.41) is 2.76. The van der Waals surface area contributed by atoms with Crippen molar-refractivity contribution in [2.75, 3.05) is 6.54 Å². The third-order valence-electron chi connectivity index (χ3n) is 2.28. The van der Waals surface area contributed by atoms with E-state index in [-0.39, 0.29) is 11.9 Å². The highest BCUT2D eigenvalue weighted by Gasteiger charge is 2.07. The van der Waals surface area contributed by atoms with Crippen LogP contribution in [0.3, 0.4) is 0 Å². The van der Waals surface area contributed by atoms with E-state index in [0.717, 1.165) is 5.56 Å². The van der Waals surface area contributed by atoms with Crippen LogP contribution in [0.25, 0.3) is 0 Å². The number of rotatable bonds is 5. The molecule has 3 nitrogen and oxygen atoms in total. The van der Waals surface area contributed by atoms with E-state index in [2.05, 4.69) is 5.32 Å². The zero-order valence-electron chi connectivity index (χ0n) is 9.07. The van der Waals surface area contributed by atoms with Gasteiger partial charge in [-0.25, -0.2) is 0 Å². The molecule has 0 fully saturated rings. The Balaban J connectivity index is 2.37. The summed E-state index contributed by atoms with van der Waals surface area (Å²) >= 11 is 0. The minimum absolute atomic E-state index is 0.0474. The third kappa shape index (κ3) is 4.13. The van der Waals surface area contributed by atoms with E-state index < -0.39 is 0 Å². The van der Waals surface area contributed by atoms with Gasteiger partial charge in [-0.05, 0) is 18.9 Å². The predicted molar refractivity (Wildman–Crippen MR) is 61.3 cm³/mol. The third-order valence-corrected chi connectivity index (χ3v) is 2.28. The minimum Gasteiger partial charge on any atom is -0.356 e. The van der Waals surface area contributed by atoms with Crippen molar-refractivity contribution in [1.82, 2.24) is 5.32 Å². The van der Waals surface area contributed by atoms with Gasteiger partial charge in [-0.1, -0.05) is 30.3 Å². The number of carbonyl (C=O) groups excluding carboxylic acids is 1. The highest BCUT2D eigenvalue weighted by atomic mass is 16.1. The second kappa shape index (κ2) is 6.19. The molecule has 1 aromatic rings. The first-order valence-corrected chi connectivity index (χ1v) is 5.31. The molecule has 0 aliphatic heterocycles. The van der Waals surface area contributed by atoms with Gasteiger partial charge in [-0.15, -0.1) is 0 Å². The smallest absolute Gasteiger partial charge is 0.220 e. The number of amides is 1. The zero-order valence-corrected chi connectivity index (χ0v) is 9.07. The molecule has 0 spiro atoms. The monoisotopic (exact) mass is 206 g/mol. The van der Waals surface area contributed by atoms with Crippen LogP contribution in [0.4, 0.5) is 0 Å². The molecule has 0 radical (unpaired) electrons. The Labute approximate surface area is 90.7 Å². The van der Waals surface area contributed by atoms with Gasteiger partial charge in [0.05, 0.1) is 0 Å². The summed E-state index contributed by atoms with van der Waals surface area (Å²) in [6.45, 7) is 2.59. The fourth-order valence-electron chi connectivity index (χ4n) is 1.44. The average molecular weight is 206 g/mol. The second-order valence-electron chi connectivity index (χ2n) is 3.51. The summed E-state index contributed by atoms with van der Waals surface area (Å²) in [6.07, 6.45) is 1.18. The van der Waals surface area contributed by atoms with Crippen LogP contribution in [0, 0.1) is 0 Å². The lowest BCUT2D eigenvalue weighted by Crippen LogP contribution is -2.24. The first kappa shape index (κ1) is 11.7. The Hall–Kier alpha value is -1.35. The van der Waals surface area contributed by atoms with Crippen LogP contribution in [0.2, 0.25) is 0 Å². The van der Waals surface area contributed by atoms with Crippen LogP contribution in [0.5, 0.6) is 0 Å². The van der Waals surface area contributed by atoms with E-state index in [1.165, 1.54) is 0 Å². The molecule has 1 aromatic carbocycles. The lowest BCUT2D eigenvalue weighted by Gasteiger charge is -2.11. The van der Waals surface area contributed by atoms with Crippen molar-refractivity contribution >= 4 is 5.91 Å². The Bertz CT molecular complexity index is 298. The maximum Gasteiger partial charge on any atom is 0.220 e. The molecule has 1 rings (SSSR count). The molecule has 0 aromatic heterocycles. The molecule has 1 unspecified atom stereocenters. The molecular weight excluding hydrogens is 188 g/mol. The summed E-state index contributed by atoms with van der Waals surface area (Å²) in [5.41, 5.74) is 7.04. The van der Waals surface area contributed by atoms with Crippen molar-refractivity contribution in [3.05, 3.63) is 35.9 Å². The summed E-state index contributed by atoms with van der Waals surface area (Å²) in [6, 6.07) is 9.81. The van der Waals surface area contributed by atoms with Crippen molar-refractivity contribution in [3.63, 3.8) is 0 Å². The van der Waals surface area contributed by atoms with Gasteiger partial charge in [-0.2, -0.15) is 0 Å². The zero-order chi connectivity index (χ0) is 11.1. The summed E-state index contributed by atoms with van der Waals surface area (Å²) in [7, 11) is 0. The average Bonchev–Trinajstić information content (AvgIpc) is 2.27. The van der Waals surface area contributed by atoms with E-state index in [1.54, 1.807) is 0 Å². The van der Waals surface area contributed by atoms with E-state index in [9.17, 15) is 4.79 Å². The van der Waals surface area contributed by atoms with Crippen LogP contribution in [-0.4, -0.2) is 12.5 Å². The normalized spacial score (nSPS) is 12.1. The Morgan fingerprint density at radius 3 is 2.67 bits per heavy atom. The van der Waals surface area contributed by atoms with Crippen LogP contribution in [-0.2, 0) is 4.79 Å². The molecule has 0 heterocycles. The van der Waals surface area contributed by atoms with Gasteiger partial charge in [0.1, 0.15) is 0 Å². The lowest BCUT2D eigenvalue weighted by atomic mass is 10.0. The van der Waals surface area contributed by atoms with Gasteiger partial charge in [0.2, 0.25) is 5.91 Å². The minimum atomic E-state index is -0.0474. The van der Waals surface area contributed by atoms with Crippen LogP contribution >= 0.6 is 0 Å². The molecule has 0 saturated carbocycles. The number of benzene rings is 1. The SMILES string of the molecule is CCNC(=O)CCC(N)c1ccccc1.